The first kappa shape index (κ1) is 17.8. The van der Waals surface area contributed by atoms with Gasteiger partial charge in [0.25, 0.3) is 0 Å². The molecule has 134 valence electrons. The summed E-state index contributed by atoms with van der Waals surface area (Å²) in [4.78, 5) is 0. The van der Waals surface area contributed by atoms with E-state index in [1.54, 1.807) is 6.07 Å². The SMILES string of the molecule is Fc1ccc(COc2ccc(CNNc3ccccc3)cc2F)cc1F. The van der Waals surface area contributed by atoms with Gasteiger partial charge in [0.05, 0.1) is 0 Å². The maximum Gasteiger partial charge on any atom is 0.165 e. The van der Waals surface area contributed by atoms with Crippen LogP contribution in [0, 0.1) is 17.5 Å². The van der Waals surface area contributed by atoms with Crippen LogP contribution in [0.25, 0.3) is 0 Å². The molecule has 0 bridgehead atoms. The Morgan fingerprint density at radius 1 is 0.731 bits per heavy atom. The summed E-state index contributed by atoms with van der Waals surface area (Å²) in [7, 11) is 0. The topological polar surface area (TPSA) is 33.3 Å². The molecule has 3 nitrogen and oxygen atoms in total. The maximum absolute atomic E-state index is 14.1. The zero-order valence-electron chi connectivity index (χ0n) is 13.8. The summed E-state index contributed by atoms with van der Waals surface area (Å²) in [6.45, 7) is 0.358. The number of hydrogen-bond acceptors (Lipinski definition) is 3. The van der Waals surface area contributed by atoms with Crippen LogP contribution in [0.4, 0.5) is 18.9 Å². The van der Waals surface area contributed by atoms with Crippen LogP contribution >= 0.6 is 0 Å². The summed E-state index contributed by atoms with van der Waals surface area (Å²) >= 11 is 0. The fraction of sp³-hybridized carbons (Fsp3) is 0.100. The molecule has 0 spiro atoms. The molecular formula is C20H17F3N2O. The second-order valence-electron chi connectivity index (χ2n) is 5.65. The second kappa shape index (κ2) is 8.40. The van der Waals surface area contributed by atoms with Crippen molar-refractivity contribution in [3.05, 3.63) is 95.3 Å². The van der Waals surface area contributed by atoms with E-state index in [9.17, 15) is 13.2 Å². The van der Waals surface area contributed by atoms with Crippen molar-refractivity contribution in [2.75, 3.05) is 5.43 Å². The van der Waals surface area contributed by atoms with E-state index >= 15 is 0 Å². The van der Waals surface area contributed by atoms with Crippen molar-refractivity contribution in [3.63, 3.8) is 0 Å². The number of nitrogens with one attached hydrogen (secondary N) is 2. The summed E-state index contributed by atoms with van der Waals surface area (Å²) in [5.41, 5.74) is 8.06. The second-order valence-corrected chi connectivity index (χ2v) is 5.65. The van der Waals surface area contributed by atoms with Crippen LogP contribution in [0.15, 0.2) is 66.7 Å². The van der Waals surface area contributed by atoms with E-state index in [0.29, 0.717) is 12.1 Å². The van der Waals surface area contributed by atoms with Crippen molar-refractivity contribution < 1.29 is 17.9 Å². The molecule has 0 aliphatic heterocycles. The van der Waals surface area contributed by atoms with Crippen LogP contribution in [-0.2, 0) is 13.2 Å². The van der Waals surface area contributed by atoms with Crippen LogP contribution in [-0.4, -0.2) is 0 Å². The van der Waals surface area contributed by atoms with Gasteiger partial charge in [-0.25, -0.2) is 18.6 Å². The average Bonchev–Trinajstić information content (AvgIpc) is 2.65. The highest BCUT2D eigenvalue weighted by Gasteiger charge is 2.07. The molecule has 0 amide bonds. The Bertz CT molecular complexity index is 872. The minimum atomic E-state index is -0.959. The largest absolute Gasteiger partial charge is 0.486 e. The van der Waals surface area contributed by atoms with Crippen LogP contribution in [0.5, 0.6) is 5.75 Å². The van der Waals surface area contributed by atoms with Crippen molar-refractivity contribution in [2.24, 2.45) is 0 Å². The van der Waals surface area contributed by atoms with E-state index in [2.05, 4.69) is 10.9 Å². The van der Waals surface area contributed by atoms with Crippen molar-refractivity contribution in [2.45, 2.75) is 13.2 Å². The highest BCUT2D eigenvalue weighted by atomic mass is 19.2. The molecule has 0 saturated carbocycles. The number of hydrazine groups is 1. The van der Waals surface area contributed by atoms with Gasteiger partial charge < -0.3 is 10.2 Å². The molecule has 0 heterocycles. The smallest absolute Gasteiger partial charge is 0.165 e. The minimum Gasteiger partial charge on any atom is -0.486 e. The summed E-state index contributed by atoms with van der Waals surface area (Å²) < 4.78 is 45.5. The molecule has 0 unspecified atom stereocenters. The lowest BCUT2D eigenvalue weighted by Crippen LogP contribution is -2.20. The molecular weight excluding hydrogens is 341 g/mol. The predicted octanol–water partition coefficient (Wildman–Crippen LogP) is 4.80. The first-order chi connectivity index (χ1) is 12.6. The van der Waals surface area contributed by atoms with Gasteiger partial charge in [-0.05, 0) is 47.5 Å². The summed E-state index contributed by atoms with van der Waals surface area (Å²) in [6, 6.07) is 17.6. The van der Waals surface area contributed by atoms with Gasteiger partial charge in [-0.1, -0.05) is 30.3 Å². The van der Waals surface area contributed by atoms with Crippen LogP contribution in [0.1, 0.15) is 11.1 Å². The van der Waals surface area contributed by atoms with Crippen LogP contribution in [0.2, 0.25) is 0 Å². The number of anilines is 1. The molecule has 0 aliphatic rings. The molecule has 0 aliphatic carbocycles. The van der Waals surface area contributed by atoms with Crippen molar-refractivity contribution >= 4 is 5.69 Å². The van der Waals surface area contributed by atoms with Gasteiger partial charge in [0, 0.05) is 12.2 Å². The van der Waals surface area contributed by atoms with Gasteiger partial charge >= 0.3 is 0 Å². The number of halogens is 3. The van der Waals surface area contributed by atoms with Gasteiger partial charge in [0.2, 0.25) is 0 Å². The fourth-order valence-corrected chi connectivity index (χ4v) is 2.33. The molecule has 3 aromatic rings. The Kier molecular flexibility index (Phi) is 5.76. The Labute approximate surface area is 149 Å². The lowest BCUT2D eigenvalue weighted by Gasteiger charge is -2.11. The van der Waals surface area contributed by atoms with E-state index in [-0.39, 0.29) is 12.4 Å². The summed E-state index contributed by atoms with van der Waals surface area (Å²) in [5, 5.41) is 0. The number of benzene rings is 3. The third kappa shape index (κ3) is 4.77. The van der Waals surface area contributed by atoms with Gasteiger partial charge in [-0.2, -0.15) is 0 Å². The predicted molar refractivity (Wildman–Crippen MR) is 94.0 cm³/mol. The Morgan fingerprint density at radius 2 is 1.46 bits per heavy atom. The van der Waals surface area contributed by atoms with Gasteiger partial charge in [-0.15, -0.1) is 0 Å². The van der Waals surface area contributed by atoms with Gasteiger partial charge in [0.1, 0.15) is 6.61 Å². The molecule has 3 aromatic carbocycles. The Hall–Kier alpha value is -2.99. The average molecular weight is 358 g/mol. The van der Waals surface area contributed by atoms with Crippen molar-refractivity contribution in [1.29, 1.82) is 0 Å². The highest BCUT2D eigenvalue weighted by molar-refractivity contribution is 5.41. The quantitative estimate of drug-likeness (QED) is 0.595. The van der Waals surface area contributed by atoms with Gasteiger partial charge in [0.15, 0.2) is 23.2 Å². The molecule has 26 heavy (non-hydrogen) atoms. The molecule has 3 rings (SSSR count). The zero-order valence-corrected chi connectivity index (χ0v) is 13.8. The third-order valence-electron chi connectivity index (χ3n) is 3.67. The lowest BCUT2D eigenvalue weighted by atomic mass is 10.2. The first-order valence-electron chi connectivity index (χ1n) is 8.01. The van der Waals surface area contributed by atoms with Crippen molar-refractivity contribution in [1.82, 2.24) is 5.43 Å². The summed E-state index contributed by atoms with van der Waals surface area (Å²) in [5.74, 6) is -2.36. The first-order valence-corrected chi connectivity index (χ1v) is 8.01. The number of para-hydroxylation sites is 1. The van der Waals surface area contributed by atoms with Crippen LogP contribution in [0.3, 0.4) is 0 Å². The van der Waals surface area contributed by atoms with E-state index < -0.39 is 17.5 Å². The molecule has 6 heteroatoms. The molecule has 0 saturated heterocycles. The molecule has 2 N–H and O–H groups in total. The third-order valence-corrected chi connectivity index (χ3v) is 3.67. The summed E-state index contributed by atoms with van der Waals surface area (Å²) in [6.07, 6.45) is 0. The van der Waals surface area contributed by atoms with Crippen LogP contribution < -0.4 is 15.6 Å². The Balaban J connectivity index is 1.54. The van der Waals surface area contributed by atoms with E-state index in [4.69, 9.17) is 4.74 Å². The van der Waals surface area contributed by atoms with E-state index in [1.165, 1.54) is 18.2 Å². The normalized spacial score (nSPS) is 10.6. The number of ether oxygens (including phenoxy) is 1. The monoisotopic (exact) mass is 358 g/mol. The van der Waals surface area contributed by atoms with Gasteiger partial charge in [-0.3, -0.25) is 0 Å². The molecule has 0 radical (unpaired) electrons. The molecule has 0 atom stereocenters. The minimum absolute atomic E-state index is 0.0505. The maximum atomic E-state index is 14.1. The zero-order chi connectivity index (χ0) is 18.4. The molecule has 0 fully saturated rings. The van der Waals surface area contributed by atoms with E-state index in [1.807, 2.05) is 30.3 Å². The number of hydrogen-bond donors (Lipinski definition) is 2. The fourth-order valence-electron chi connectivity index (χ4n) is 2.33. The lowest BCUT2D eigenvalue weighted by molar-refractivity contribution is 0.289. The standard InChI is InChI=1S/C20H17F3N2O/c21-17-8-6-15(11-18(17)22)13-26-20-9-7-14(10-19(20)23)12-24-25-16-4-2-1-3-5-16/h1-11,24-25H,12-13H2. The van der Waals surface area contributed by atoms with E-state index in [0.717, 1.165) is 23.4 Å². The highest BCUT2D eigenvalue weighted by Crippen LogP contribution is 2.20. The molecule has 0 aromatic heterocycles. The number of rotatable bonds is 7. The van der Waals surface area contributed by atoms with Crippen molar-refractivity contribution in [3.8, 4) is 5.75 Å². The Morgan fingerprint density at radius 3 is 2.19 bits per heavy atom.